The zero-order valence-corrected chi connectivity index (χ0v) is 11.0. The highest BCUT2D eigenvalue weighted by molar-refractivity contribution is 6.24. The van der Waals surface area contributed by atoms with Crippen LogP contribution in [-0.2, 0) is 0 Å². The zero-order chi connectivity index (χ0) is 13.4. The molecule has 1 aliphatic rings. The van der Waals surface area contributed by atoms with Crippen LogP contribution in [0.2, 0.25) is 0 Å². The summed E-state index contributed by atoms with van der Waals surface area (Å²) in [6.45, 7) is 5.72. The Morgan fingerprint density at radius 1 is 1.11 bits per heavy atom. The van der Waals surface area contributed by atoms with Crippen LogP contribution in [0, 0.1) is 0 Å². The van der Waals surface area contributed by atoms with Crippen molar-refractivity contribution in [2.75, 3.05) is 7.11 Å². The number of rotatable bonds is 2. The molecule has 0 fully saturated rings. The molecule has 0 radical (unpaired) electrons. The number of benzene rings is 1. The van der Waals surface area contributed by atoms with Gasteiger partial charge < -0.3 is 4.74 Å². The highest BCUT2D eigenvalue weighted by Crippen LogP contribution is 2.32. The van der Waals surface area contributed by atoms with Crippen molar-refractivity contribution < 1.29 is 14.3 Å². The molecule has 0 amide bonds. The smallest absolute Gasteiger partial charge is 0.189 e. The average Bonchev–Trinajstić information content (AvgIpc) is 2.34. The summed E-state index contributed by atoms with van der Waals surface area (Å²) in [7, 11) is 1.57. The first-order chi connectivity index (χ1) is 8.45. The van der Waals surface area contributed by atoms with Crippen molar-refractivity contribution in [3.8, 4) is 5.75 Å². The number of hydrogen-bond donors (Lipinski definition) is 0. The Kier molecular flexibility index (Phi) is 3.07. The van der Waals surface area contributed by atoms with E-state index in [2.05, 4.69) is 0 Å². The average molecular weight is 244 g/mol. The first kappa shape index (κ1) is 12.6. The molecule has 2 rings (SSSR count). The van der Waals surface area contributed by atoms with Crippen molar-refractivity contribution in [3.05, 3.63) is 40.5 Å². The lowest BCUT2D eigenvalue weighted by Gasteiger charge is -2.18. The molecule has 0 heterocycles. The first-order valence-corrected chi connectivity index (χ1v) is 5.95. The molecule has 0 spiro atoms. The van der Waals surface area contributed by atoms with Gasteiger partial charge in [-0.25, -0.2) is 0 Å². The van der Waals surface area contributed by atoms with Crippen LogP contribution in [0.5, 0.6) is 5.75 Å². The second-order valence-corrected chi connectivity index (χ2v) is 4.82. The summed E-state index contributed by atoms with van der Waals surface area (Å²) in [5.74, 6) is 0.699. The Bertz CT molecular complexity index is 565. The lowest BCUT2D eigenvalue weighted by molar-refractivity contribution is 0.0984. The molecule has 1 aromatic carbocycles. The molecule has 0 bridgehead atoms. The van der Waals surface area contributed by atoms with E-state index in [9.17, 15) is 9.59 Å². The van der Waals surface area contributed by atoms with Gasteiger partial charge in [0.1, 0.15) is 5.75 Å². The van der Waals surface area contributed by atoms with Crippen molar-refractivity contribution in [3.63, 3.8) is 0 Å². The van der Waals surface area contributed by atoms with Crippen LogP contribution in [0.1, 0.15) is 53.0 Å². The largest absolute Gasteiger partial charge is 0.496 e. The quantitative estimate of drug-likeness (QED) is 0.802. The Hall–Kier alpha value is -1.90. The van der Waals surface area contributed by atoms with E-state index in [1.807, 2.05) is 13.8 Å². The Morgan fingerprint density at radius 3 is 2.33 bits per heavy atom. The molecule has 94 valence electrons. The van der Waals surface area contributed by atoms with Crippen LogP contribution >= 0.6 is 0 Å². The van der Waals surface area contributed by atoms with E-state index in [0.717, 1.165) is 5.56 Å². The molecule has 0 atom stereocenters. The molecule has 1 aromatic rings. The summed E-state index contributed by atoms with van der Waals surface area (Å²) in [5, 5.41) is 0. The van der Waals surface area contributed by atoms with Crippen molar-refractivity contribution in [1.29, 1.82) is 0 Å². The molecular weight excluding hydrogens is 228 g/mol. The van der Waals surface area contributed by atoms with Gasteiger partial charge in [-0.05, 0) is 36.6 Å². The van der Waals surface area contributed by atoms with Crippen molar-refractivity contribution in [2.45, 2.75) is 26.7 Å². The fourth-order valence-corrected chi connectivity index (χ4v) is 2.17. The van der Waals surface area contributed by atoms with E-state index in [4.69, 9.17) is 4.74 Å². The first-order valence-electron chi connectivity index (χ1n) is 5.95. The topological polar surface area (TPSA) is 43.4 Å². The molecule has 0 aromatic heterocycles. The van der Waals surface area contributed by atoms with E-state index in [-0.39, 0.29) is 17.5 Å². The fraction of sp³-hybridized carbons (Fsp3) is 0.333. The summed E-state index contributed by atoms with van der Waals surface area (Å²) in [5.41, 5.74) is 2.36. The highest BCUT2D eigenvalue weighted by Gasteiger charge is 2.25. The summed E-state index contributed by atoms with van der Waals surface area (Å²) in [6.07, 6.45) is 1.40. The minimum Gasteiger partial charge on any atom is -0.496 e. The van der Waals surface area contributed by atoms with Crippen molar-refractivity contribution in [1.82, 2.24) is 0 Å². The van der Waals surface area contributed by atoms with Crippen LogP contribution in [0.3, 0.4) is 0 Å². The molecule has 0 aliphatic heterocycles. The molecule has 3 nitrogen and oxygen atoms in total. The van der Waals surface area contributed by atoms with Crippen LogP contribution in [0.15, 0.2) is 23.8 Å². The van der Waals surface area contributed by atoms with E-state index in [1.54, 1.807) is 26.2 Å². The van der Waals surface area contributed by atoms with E-state index in [1.165, 1.54) is 6.08 Å². The zero-order valence-electron chi connectivity index (χ0n) is 11.0. The summed E-state index contributed by atoms with van der Waals surface area (Å²) >= 11 is 0. The van der Waals surface area contributed by atoms with Gasteiger partial charge in [0.25, 0.3) is 0 Å². The molecule has 3 heteroatoms. The predicted octanol–water partition coefficient (Wildman–Crippen LogP) is 3.14. The van der Waals surface area contributed by atoms with Gasteiger partial charge in [-0.15, -0.1) is 0 Å². The minimum atomic E-state index is -0.105. The van der Waals surface area contributed by atoms with Gasteiger partial charge in [0.2, 0.25) is 0 Å². The predicted molar refractivity (Wildman–Crippen MR) is 69.5 cm³/mol. The number of carbonyl (C=O) groups is 2. The molecular formula is C15H16O3. The van der Waals surface area contributed by atoms with Crippen LogP contribution in [0.25, 0.3) is 0 Å². The number of fused-ring (bicyclic) bond motifs is 1. The Balaban J connectivity index is 2.69. The number of allylic oxidation sites excluding steroid dienone is 2. The molecule has 18 heavy (non-hydrogen) atoms. The number of hydrogen-bond acceptors (Lipinski definition) is 3. The number of carbonyl (C=O) groups excluding carboxylic acids is 2. The number of ketones is 2. The number of methoxy groups -OCH3 is 1. The van der Waals surface area contributed by atoms with Gasteiger partial charge >= 0.3 is 0 Å². The summed E-state index contributed by atoms with van der Waals surface area (Å²) < 4.78 is 5.31. The second kappa shape index (κ2) is 4.41. The van der Waals surface area contributed by atoms with E-state index < -0.39 is 0 Å². The summed E-state index contributed by atoms with van der Waals surface area (Å²) in [6, 6.07) is 3.46. The third-order valence-corrected chi connectivity index (χ3v) is 3.21. The van der Waals surface area contributed by atoms with Crippen LogP contribution < -0.4 is 4.74 Å². The van der Waals surface area contributed by atoms with Gasteiger partial charge in [-0.2, -0.15) is 0 Å². The maximum absolute atomic E-state index is 12.0. The second-order valence-electron chi connectivity index (χ2n) is 4.82. The van der Waals surface area contributed by atoms with Crippen LogP contribution in [0.4, 0.5) is 0 Å². The molecule has 1 aliphatic carbocycles. The molecule has 0 saturated heterocycles. The Morgan fingerprint density at radius 2 is 1.78 bits per heavy atom. The van der Waals surface area contributed by atoms with Gasteiger partial charge in [0, 0.05) is 16.7 Å². The van der Waals surface area contributed by atoms with Crippen LogP contribution in [-0.4, -0.2) is 18.7 Å². The molecule has 0 saturated carbocycles. The van der Waals surface area contributed by atoms with Gasteiger partial charge in [0.15, 0.2) is 11.6 Å². The third kappa shape index (κ3) is 1.86. The fourth-order valence-electron chi connectivity index (χ4n) is 2.17. The van der Waals surface area contributed by atoms with Crippen molar-refractivity contribution in [2.24, 2.45) is 0 Å². The van der Waals surface area contributed by atoms with E-state index >= 15 is 0 Å². The molecule has 0 unspecified atom stereocenters. The normalized spacial score (nSPS) is 14.6. The van der Waals surface area contributed by atoms with Crippen molar-refractivity contribution >= 4 is 11.6 Å². The number of Topliss-reactive ketones (excluding diaryl/α,β-unsaturated/α-hetero) is 1. The third-order valence-electron chi connectivity index (χ3n) is 3.21. The Labute approximate surface area is 106 Å². The minimum absolute atomic E-state index is 0.0989. The van der Waals surface area contributed by atoms with Gasteiger partial charge in [-0.3, -0.25) is 9.59 Å². The van der Waals surface area contributed by atoms with Gasteiger partial charge in [0.05, 0.1) is 7.11 Å². The molecule has 0 N–H and O–H groups in total. The van der Waals surface area contributed by atoms with Gasteiger partial charge in [-0.1, -0.05) is 13.8 Å². The summed E-state index contributed by atoms with van der Waals surface area (Å²) in [4.78, 5) is 24.0. The lowest BCUT2D eigenvalue weighted by atomic mass is 9.86. The standard InChI is InChI=1S/C15H16O3/c1-8(2)10-6-11-12(7-14(10)18-4)15(17)9(3)5-13(11)16/h5-8H,1-4H3. The maximum Gasteiger partial charge on any atom is 0.189 e. The SMILES string of the molecule is COc1cc2c(cc1C(C)C)C(=O)C=C(C)C2=O. The van der Waals surface area contributed by atoms with E-state index in [0.29, 0.717) is 22.4 Å². The maximum atomic E-state index is 12.0. The number of ether oxygens (including phenoxy) is 1. The highest BCUT2D eigenvalue weighted by atomic mass is 16.5. The monoisotopic (exact) mass is 244 g/mol. The lowest BCUT2D eigenvalue weighted by Crippen LogP contribution is -2.16.